The number of carbonyl (C=O) groups is 1. The van der Waals surface area contributed by atoms with E-state index in [9.17, 15) is 4.79 Å². The maximum absolute atomic E-state index is 11.9. The van der Waals surface area contributed by atoms with Gasteiger partial charge in [-0.3, -0.25) is 4.79 Å². The molecule has 0 aromatic rings. The number of nitrogens with one attached hydrogen (secondary N) is 1. The molecule has 3 unspecified atom stereocenters. The molecule has 2 aliphatic rings. The van der Waals surface area contributed by atoms with Crippen molar-refractivity contribution in [2.45, 2.75) is 38.0 Å². The van der Waals surface area contributed by atoms with E-state index < -0.39 is 0 Å². The minimum Gasteiger partial charge on any atom is -0.376 e. The number of likely N-dealkylation sites (N-methyl/N-ethyl adjacent to an activating group) is 1. The van der Waals surface area contributed by atoms with Gasteiger partial charge in [-0.05, 0) is 26.8 Å². The summed E-state index contributed by atoms with van der Waals surface area (Å²) in [5, 5.41) is 3.05. The van der Waals surface area contributed by atoms with Gasteiger partial charge < -0.3 is 15.0 Å². The number of rotatable bonds is 2. The van der Waals surface area contributed by atoms with Crippen molar-refractivity contribution in [2.24, 2.45) is 0 Å². The van der Waals surface area contributed by atoms with Crippen molar-refractivity contribution < 1.29 is 9.53 Å². The average molecular weight is 198 g/mol. The van der Waals surface area contributed by atoms with Crippen LogP contribution >= 0.6 is 0 Å². The van der Waals surface area contributed by atoms with E-state index in [0.29, 0.717) is 6.04 Å². The fourth-order valence-electron chi connectivity index (χ4n) is 2.43. The van der Waals surface area contributed by atoms with Gasteiger partial charge in [-0.25, -0.2) is 0 Å². The Kier molecular flexibility index (Phi) is 2.74. The van der Waals surface area contributed by atoms with Crippen LogP contribution in [0.5, 0.6) is 0 Å². The summed E-state index contributed by atoms with van der Waals surface area (Å²) in [6.07, 6.45) is 2.12. The van der Waals surface area contributed by atoms with Crippen molar-refractivity contribution in [1.29, 1.82) is 0 Å². The van der Waals surface area contributed by atoms with Crippen LogP contribution in [0.25, 0.3) is 0 Å². The lowest BCUT2D eigenvalue weighted by atomic mass is 10.1. The van der Waals surface area contributed by atoms with E-state index in [4.69, 9.17) is 4.74 Å². The molecule has 2 heterocycles. The van der Waals surface area contributed by atoms with Crippen LogP contribution in [-0.4, -0.2) is 49.2 Å². The first kappa shape index (κ1) is 9.93. The molecule has 0 radical (unpaired) electrons. The van der Waals surface area contributed by atoms with E-state index in [-0.39, 0.29) is 18.1 Å². The minimum absolute atomic E-state index is 0.0304. The monoisotopic (exact) mass is 198 g/mol. The molecule has 0 aromatic heterocycles. The Labute approximate surface area is 84.6 Å². The molecule has 80 valence electrons. The van der Waals surface area contributed by atoms with Crippen molar-refractivity contribution in [1.82, 2.24) is 10.2 Å². The van der Waals surface area contributed by atoms with Gasteiger partial charge >= 0.3 is 0 Å². The number of ether oxygens (including phenoxy) is 1. The van der Waals surface area contributed by atoms with E-state index in [0.717, 1.165) is 26.0 Å². The Morgan fingerprint density at radius 1 is 1.50 bits per heavy atom. The first-order valence-electron chi connectivity index (χ1n) is 5.33. The lowest BCUT2D eigenvalue weighted by molar-refractivity contribution is -0.132. The van der Waals surface area contributed by atoms with Gasteiger partial charge in [0.05, 0.1) is 18.2 Å². The van der Waals surface area contributed by atoms with E-state index in [1.54, 1.807) is 0 Å². The van der Waals surface area contributed by atoms with E-state index >= 15 is 0 Å². The second-order valence-corrected chi connectivity index (χ2v) is 4.09. The fourth-order valence-corrected chi connectivity index (χ4v) is 2.43. The zero-order chi connectivity index (χ0) is 10.1. The molecule has 0 saturated carbocycles. The molecule has 14 heavy (non-hydrogen) atoms. The van der Waals surface area contributed by atoms with Gasteiger partial charge in [-0.2, -0.15) is 0 Å². The molecule has 2 rings (SSSR count). The molecule has 3 atom stereocenters. The van der Waals surface area contributed by atoms with Gasteiger partial charge in [-0.15, -0.1) is 0 Å². The molecule has 0 spiro atoms. The SMILES string of the molecule is CNC1CCN(C2CCOC2C)C1=O. The van der Waals surface area contributed by atoms with Crippen LogP contribution in [0.1, 0.15) is 19.8 Å². The maximum atomic E-state index is 11.9. The molecule has 1 amide bonds. The van der Waals surface area contributed by atoms with E-state index in [1.807, 2.05) is 11.9 Å². The van der Waals surface area contributed by atoms with Crippen LogP contribution in [0.2, 0.25) is 0 Å². The number of likely N-dealkylation sites (tertiary alicyclic amines) is 1. The van der Waals surface area contributed by atoms with Crippen molar-refractivity contribution >= 4 is 5.91 Å². The van der Waals surface area contributed by atoms with Gasteiger partial charge in [-0.1, -0.05) is 0 Å². The van der Waals surface area contributed by atoms with Gasteiger partial charge in [0.25, 0.3) is 0 Å². The largest absolute Gasteiger partial charge is 0.376 e. The van der Waals surface area contributed by atoms with E-state index in [1.165, 1.54) is 0 Å². The zero-order valence-corrected chi connectivity index (χ0v) is 8.82. The molecule has 0 aliphatic carbocycles. The van der Waals surface area contributed by atoms with Gasteiger partial charge in [0.15, 0.2) is 0 Å². The van der Waals surface area contributed by atoms with Crippen molar-refractivity contribution in [2.75, 3.05) is 20.2 Å². The summed E-state index contributed by atoms with van der Waals surface area (Å²) >= 11 is 0. The van der Waals surface area contributed by atoms with Crippen LogP contribution in [0.3, 0.4) is 0 Å². The van der Waals surface area contributed by atoms with Crippen LogP contribution in [0.15, 0.2) is 0 Å². The highest BCUT2D eigenvalue weighted by Crippen LogP contribution is 2.24. The third-order valence-corrected chi connectivity index (χ3v) is 3.32. The highest BCUT2D eigenvalue weighted by atomic mass is 16.5. The standard InChI is InChI=1S/C10H18N2O2/c1-7-9(4-6-14-7)12-5-3-8(11-2)10(12)13/h7-9,11H,3-6H2,1-2H3. The third kappa shape index (κ3) is 1.53. The lowest BCUT2D eigenvalue weighted by Crippen LogP contribution is -2.44. The Balaban J connectivity index is 2.02. The second kappa shape index (κ2) is 3.87. The number of hydrogen-bond donors (Lipinski definition) is 1. The molecule has 2 aliphatic heterocycles. The molecule has 2 saturated heterocycles. The zero-order valence-electron chi connectivity index (χ0n) is 8.82. The van der Waals surface area contributed by atoms with Crippen molar-refractivity contribution in [3.8, 4) is 0 Å². The molecule has 4 nitrogen and oxygen atoms in total. The van der Waals surface area contributed by atoms with Crippen LogP contribution < -0.4 is 5.32 Å². The molecular formula is C10H18N2O2. The van der Waals surface area contributed by atoms with Crippen molar-refractivity contribution in [3.63, 3.8) is 0 Å². The van der Waals surface area contributed by atoms with Crippen LogP contribution in [0, 0.1) is 0 Å². The highest BCUT2D eigenvalue weighted by Gasteiger charge is 2.39. The summed E-state index contributed by atoms with van der Waals surface area (Å²) in [6, 6.07) is 0.337. The Morgan fingerprint density at radius 3 is 2.79 bits per heavy atom. The van der Waals surface area contributed by atoms with Gasteiger partial charge in [0.1, 0.15) is 0 Å². The predicted octanol–water partition coefficient (Wildman–Crippen LogP) is -0.0159. The van der Waals surface area contributed by atoms with Gasteiger partial charge in [0.2, 0.25) is 5.91 Å². The Morgan fingerprint density at radius 2 is 2.29 bits per heavy atom. The Hall–Kier alpha value is -0.610. The quantitative estimate of drug-likeness (QED) is 0.678. The molecule has 0 bridgehead atoms. The number of amides is 1. The fraction of sp³-hybridized carbons (Fsp3) is 0.900. The first-order valence-corrected chi connectivity index (χ1v) is 5.33. The second-order valence-electron chi connectivity index (χ2n) is 4.09. The summed E-state index contributed by atoms with van der Waals surface area (Å²) in [4.78, 5) is 13.9. The van der Waals surface area contributed by atoms with E-state index in [2.05, 4.69) is 12.2 Å². The van der Waals surface area contributed by atoms with Crippen molar-refractivity contribution in [3.05, 3.63) is 0 Å². The lowest BCUT2D eigenvalue weighted by Gasteiger charge is -2.26. The molecule has 2 fully saturated rings. The molecule has 1 N–H and O–H groups in total. The maximum Gasteiger partial charge on any atom is 0.240 e. The predicted molar refractivity (Wildman–Crippen MR) is 53.0 cm³/mol. The normalized spacial score (nSPS) is 38.3. The number of nitrogens with zero attached hydrogens (tertiary/aromatic N) is 1. The number of hydrogen-bond acceptors (Lipinski definition) is 3. The third-order valence-electron chi connectivity index (χ3n) is 3.32. The summed E-state index contributed by atoms with van der Waals surface area (Å²) in [6.45, 7) is 3.72. The molecular weight excluding hydrogens is 180 g/mol. The van der Waals surface area contributed by atoms with Crippen LogP contribution in [-0.2, 0) is 9.53 Å². The van der Waals surface area contributed by atoms with Crippen LogP contribution in [0.4, 0.5) is 0 Å². The summed E-state index contributed by atoms with van der Waals surface area (Å²) < 4.78 is 5.48. The topological polar surface area (TPSA) is 41.6 Å². The minimum atomic E-state index is 0.0304. The average Bonchev–Trinajstić information content (AvgIpc) is 2.72. The molecule has 4 heteroatoms. The highest BCUT2D eigenvalue weighted by molar-refractivity contribution is 5.84. The first-order chi connectivity index (χ1) is 6.74. The van der Waals surface area contributed by atoms with Gasteiger partial charge in [0, 0.05) is 13.2 Å². The number of carbonyl (C=O) groups excluding carboxylic acids is 1. The summed E-state index contributed by atoms with van der Waals surface area (Å²) in [7, 11) is 1.85. The summed E-state index contributed by atoms with van der Waals surface area (Å²) in [5.41, 5.74) is 0. The Bertz CT molecular complexity index is 232. The molecule has 0 aromatic carbocycles. The smallest absolute Gasteiger partial charge is 0.240 e. The summed E-state index contributed by atoms with van der Waals surface area (Å²) in [5.74, 6) is 0.245.